The zero-order valence-electron chi connectivity index (χ0n) is 20.8. The van der Waals surface area contributed by atoms with E-state index in [-0.39, 0.29) is 17.3 Å². The van der Waals surface area contributed by atoms with Crippen molar-refractivity contribution < 1.29 is 26.7 Å². The molecule has 0 spiro atoms. The lowest BCUT2D eigenvalue weighted by Crippen LogP contribution is -2.50. The fourth-order valence-corrected chi connectivity index (χ4v) is 7.39. The fourth-order valence-electron chi connectivity index (χ4n) is 4.93. The van der Waals surface area contributed by atoms with Gasteiger partial charge < -0.3 is 20.3 Å². The third-order valence-corrected chi connectivity index (χ3v) is 10.2. The average Bonchev–Trinajstić information content (AvgIpc) is 3.76. The van der Waals surface area contributed by atoms with E-state index in [1.54, 1.807) is 24.3 Å². The highest BCUT2D eigenvalue weighted by Crippen LogP contribution is 2.57. The number of hydrogen-bond donors (Lipinski definition) is 2. The molecule has 3 fully saturated rings. The first-order valence-electron chi connectivity index (χ1n) is 12.5. The summed E-state index contributed by atoms with van der Waals surface area (Å²) in [5, 5.41) is 4.31. The standard InChI is InChI=1S/C25H31F2N5O4S/c1-15-13-36-14-16(2)32(15)22-11-20(25(9-10-25)37(34,35)19-7-8-19)30-23(31-22)17-3-5-18(6-4-17)29-24(33)28-12-21(26)27/h3-6,11,15-16,19,21H,7-10,12-14H2,1-2H3,(H2,28,29,33)/t15-,16-/m0/s1. The number of ether oxygens (including phenoxy) is 1. The van der Waals surface area contributed by atoms with Gasteiger partial charge in [-0.25, -0.2) is 32.0 Å². The molecular weight excluding hydrogens is 504 g/mol. The second kappa shape index (κ2) is 9.79. The maximum Gasteiger partial charge on any atom is 0.319 e. The first-order valence-corrected chi connectivity index (χ1v) is 14.1. The molecule has 5 rings (SSSR count). The third kappa shape index (κ3) is 5.13. The number of halogens is 2. The Bertz CT molecular complexity index is 1260. The van der Waals surface area contributed by atoms with Gasteiger partial charge in [-0.3, -0.25) is 0 Å². The molecule has 2 heterocycles. The number of morpholine rings is 1. The summed E-state index contributed by atoms with van der Waals surface area (Å²) in [5.74, 6) is 1.05. The van der Waals surface area contributed by atoms with Crippen molar-refractivity contribution in [1.82, 2.24) is 15.3 Å². The SMILES string of the molecule is C[C@H]1COC[C@H](C)N1c1cc(C2(S(=O)(=O)C3CC3)CC2)nc(-c2ccc(NC(=O)NCC(F)F)cc2)n1. The molecule has 0 radical (unpaired) electrons. The fraction of sp³-hybridized carbons (Fsp3) is 0.560. The van der Waals surface area contributed by atoms with Crippen LogP contribution in [0.5, 0.6) is 0 Å². The molecule has 200 valence electrons. The number of rotatable bonds is 8. The number of anilines is 2. The summed E-state index contributed by atoms with van der Waals surface area (Å²) in [4.78, 5) is 23.6. The lowest BCUT2D eigenvalue weighted by molar-refractivity contribution is 0.0752. The minimum Gasteiger partial charge on any atom is -0.377 e. The van der Waals surface area contributed by atoms with E-state index in [0.29, 0.717) is 67.5 Å². The summed E-state index contributed by atoms with van der Waals surface area (Å²) >= 11 is 0. The van der Waals surface area contributed by atoms with E-state index in [0.717, 1.165) is 0 Å². The highest BCUT2D eigenvalue weighted by Gasteiger charge is 2.61. The van der Waals surface area contributed by atoms with E-state index in [1.165, 1.54) is 0 Å². The number of aromatic nitrogens is 2. The second-order valence-corrected chi connectivity index (χ2v) is 12.7. The van der Waals surface area contributed by atoms with Crippen LogP contribution >= 0.6 is 0 Å². The van der Waals surface area contributed by atoms with Crippen LogP contribution in [0.15, 0.2) is 30.3 Å². The van der Waals surface area contributed by atoms with Crippen LogP contribution in [0, 0.1) is 0 Å². The van der Waals surface area contributed by atoms with Crippen molar-refractivity contribution in [3.05, 3.63) is 36.0 Å². The number of urea groups is 1. The van der Waals surface area contributed by atoms with Gasteiger partial charge in [-0.1, -0.05) is 0 Å². The Morgan fingerprint density at radius 2 is 1.78 bits per heavy atom. The van der Waals surface area contributed by atoms with Crippen LogP contribution in [0.2, 0.25) is 0 Å². The zero-order valence-corrected chi connectivity index (χ0v) is 21.6. The van der Waals surface area contributed by atoms with Crippen molar-refractivity contribution in [2.24, 2.45) is 0 Å². The van der Waals surface area contributed by atoms with Crippen LogP contribution in [0.1, 0.15) is 45.2 Å². The number of sulfone groups is 1. The molecule has 2 aromatic rings. The molecule has 2 atom stereocenters. The van der Waals surface area contributed by atoms with Gasteiger partial charge in [0.15, 0.2) is 15.7 Å². The first-order chi connectivity index (χ1) is 17.6. The molecule has 1 saturated heterocycles. The normalized spacial score (nSPS) is 23.1. The molecular formula is C25H31F2N5O4S. The molecule has 12 heteroatoms. The Balaban J connectivity index is 1.49. The van der Waals surface area contributed by atoms with Crippen LogP contribution in [0.4, 0.5) is 25.1 Å². The summed E-state index contributed by atoms with van der Waals surface area (Å²) in [6.45, 7) is 4.43. The molecule has 2 N–H and O–H groups in total. The minimum absolute atomic E-state index is 0.0490. The summed E-state index contributed by atoms with van der Waals surface area (Å²) in [6.07, 6.45) is -0.140. The number of carbonyl (C=O) groups is 1. The molecule has 1 aromatic heterocycles. The van der Waals surface area contributed by atoms with Crippen LogP contribution in [0.25, 0.3) is 11.4 Å². The Labute approximate surface area is 214 Å². The third-order valence-electron chi connectivity index (χ3n) is 7.14. The van der Waals surface area contributed by atoms with Gasteiger partial charge in [-0.15, -0.1) is 0 Å². The van der Waals surface area contributed by atoms with E-state index in [9.17, 15) is 22.0 Å². The molecule has 1 aliphatic heterocycles. The second-order valence-electron chi connectivity index (χ2n) is 10.1. The quantitative estimate of drug-likeness (QED) is 0.530. The van der Waals surface area contributed by atoms with Crippen molar-refractivity contribution in [3.8, 4) is 11.4 Å². The number of carbonyl (C=O) groups excluding carboxylic acids is 1. The van der Waals surface area contributed by atoms with Crippen LogP contribution in [-0.2, 0) is 19.3 Å². The lowest BCUT2D eigenvalue weighted by Gasteiger charge is -2.40. The van der Waals surface area contributed by atoms with E-state index in [1.807, 2.05) is 19.9 Å². The van der Waals surface area contributed by atoms with Gasteiger partial charge in [0.05, 0.1) is 42.8 Å². The van der Waals surface area contributed by atoms with E-state index in [4.69, 9.17) is 14.7 Å². The van der Waals surface area contributed by atoms with Gasteiger partial charge in [0.2, 0.25) is 0 Å². The van der Waals surface area contributed by atoms with E-state index < -0.39 is 33.6 Å². The maximum absolute atomic E-state index is 13.4. The Morgan fingerprint density at radius 3 is 2.35 bits per heavy atom. The van der Waals surface area contributed by atoms with Crippen molar-refractivity contribution in [1.29, 1.82) is 0 Å². The van der Waals surface area contributed by atoms with Gasteiger partial charge in [-0.05, 0) is 63.8 Å². The lowest BCUT2D eigenvalue weighted by atomic mass is 10.1. The van der Waals surface area contributed by atoms with Crippen molar-refractivity contribution in [2.45, 2.75) is 68.0 Å². The first kappa shape index (κ1) is 25.8. The van der Waals surface area contributed by atoms with Gasteiger partial charge in [0.1, 0.15) is 10.6 Å². The number of nitrogens with zero attached hydrogens (tertiary/aromatic N) is 3. The van der Waals surface area contributed by atoms with Crippen molar-refractivity contribution >= 4 is 27.4 Å². The molecule has 2 amide bonds. The number of benzene rings is 1. The molecule has 2 saturated carbocycles. The highest BCUT2D eigenvalue weighted by atomic mass is 32.2. The van der Waals surface area contributed by atoms with Crippen LogP contribution in [-0.4, -0.2) is 67.9 Å². The number of hydrogen-bond acceptors (Lipinski definition) is 7. The number of alkyl halides is 2. The molecule has 9 nitrogen and oxygen atoms in total. The summed E-state index contributed by atoms with van der Waals surface area (Å²) in [5.41, 5.74) is 1.59. The molecule has 0 unspecified atom stereocenters. The molecule has 1 aromatic carbocycles. The predicted octanol–water partition coefficient (Wildman–Crippen LogP) is 3.71. The molecule has 0 bridgehead atoms. The van der Waals surface area contributed by atoms with Gasteiger partial charge in [0.25, 0.3) is 6.43 Å². The van der Waals surface area contributed by atoms with Crippen LogP contribution < -0.4 is 15.5 Å². The van der Waals surface area contributed by atoms with Gasteiger partial charge >= 0.3 is 6.03 Å². The summed E-state index contributed by atoms with van der Waals surface area (Å²) in [7, 11) is -3.35. The predicted molar refractivity (Wildman–Crippen MR) is 136 cm³/mol. The average molecular weight is 536 g/mol. The smallest absolute Gasteiger partial charge is 0.319 e. The number of amides is 2. The van der Waals surface area contributed by atoms with Gasteiger partial charge in [-0.2, -0.15) is 0 Å². The zero-order chi connectivity index (χ0) is 26.4. The van der Waals surface area contributed by atoms with Crippen molar-refractivity contribution in [2.75, 3.05) is 30.0 Å². The van der Waals surface area contributed by atoms with E-state index >= 15 is 0 Å². The largest absolute Gasteiger partial charge is 0.377 e. The Hall–Kier alpha value is -2.86. The Morgan fingerprint density at radius 1 is 1.14 bits per heavy atom. The van der Waals surface area contributed by atoms with E-state index in [2.05, 4.69) is 15.5 Å². The minimum atomic E-state index is -3.35. The number of nitrogens with one attached hydrogen (secondary N) is 2. The summed E-state index contributed by atoms with van der Waals surface area (Å²) < 4.78 is 56.2. The van der Waals surface area contributed by atoms with Gasteiger partial charge in [0, 0.05) is 17.3 Å². The highest BCUT2D eigenvalue weighted by molar-refractivity contribution is 7.93. The molecule has 2 aliphatic carbocycles. The Kier molecular flexibility index (Phi) is 6.82. The van der Waals surface area contributed by atoms with Crippen LogP contribution in [0.3, 0.4) is 0 Å². The summed E-state index contributed by atoms with van der Waals surface area (Å²) in [6, 6.07) is 7.88. The monoisotopic (exact) mass is 535 g/mol. The molecule has 37 heavy (non-hydrogen) atoms. The maximum atomic E-state index is 13.4. The van der Waals surface area contributed by atoms with Crippen molar-refractivity contribution in [3.63, 3.8) is 0 Å². The topological polar surface area (TPSA) is 114 Å². The molecule has 3 aliphatic rings.